The predicted octanol–water partition coefficient (Wildman–Crippen LogP) is 12.4. The summed E-state index contributed by atoms with van der Waals surface area (Å²) in [6, 6.07) is 9.66. The van der Waals surface area contributed by atoms with Crippen molar-refractivity contribution < 1.29 is 62.2 Å². The number of carbonyl (C=O) groups is 8. The number of esters is 2. The molecule has 11 rings (SSSR count). The SMILES string of the molecule is CC(=O)C12CC(=O)C3CC4(CC(c5cc(Cl)c6c(c5)CCO6)=NO4)CN3C(=O)C(CC(=O)OC(C)(C)C)CCCCC/C=C\C1C2.CC(=O)C12CC(=O)C3CC4(CC(c5cccc(Cl)c5)=NO4)CN3C(=O)C(CC(=O)OC(C)(C)C)CCCCC/C=C\C1C2. The molecule has 480 valence electrons. The number of allylic oxidation sites excluding steroid dienone is 4. The molecule has 2 aromatic carbocycles. The number of hydrogen-bond donors (Lipinski definition) is 0. The maximum atomic E-state index is 14.4. The van der Waals surface area contributed by atoms with Crippen molar-refractivity contribution in [3.63, 3.8) is 0 Å². The Kier molecular flexibility index (Phi) is 19.3. The maximum Gasteiger partial charge on any atom is 0.307 e. The van der Waals surface area contributed by atoms with Gasteiger partial charge in [-0.2, -0.15) is 0 Å². The van der Waals surface area contributed by atoms with Crippen molar-refractivity contribution in [1.29, 1.82) is 0 Å². The molecule has 2 saturated heterocycles. The van der Waals surface area contributed by atoms with Crippen molar-refractivity contribution in [3.05, 3.63) is 87.4 Å². The third-order valence-corrected chi connectivity index (χ3v) is 20.1. The molecule has 2 aromatic rings. The molecule has 7 heterocycles. The van der Waals surface area contributed by atoms with Gasteiger partial charge in [-0.05, 0) is 148 Å². The minimum atomic E-state index is -0.901. The molecule has 2 aliphatic carbocycles. The highest BCUT2D eigenvalue weighted by molar-refractivity contribution is 6.32. The van der Waals surface area contributed by atoms with Gasteiger partial charge in [0, 0.05) is 83.8 Å². The Morgan fingerprint density at radius 2 is 1.10 bits per heavy atom. The molecule has 0 aromatic heterocycles. The smallest absolute Gasteiger partial charge is 0.307 e. The van der Waals surface area contributed by atoms with Crippen LogP contribution in [0.15, 0.2) is 71.0 Å². The van der Waals surface area contributed by atoms with Crippen LogP contribution in [0.1, 0.15) is 200 Å². The van der Waals surface area contributed by atoms with Crippen molar-refractivity contribution in [2.75, 3.05) is 19.7 Å². The van der Waals surface area contributed by atoms with Gasteiger partial charge in [0.1, 0.15) is 28.5 Å². The molecule has 10 atom stereocenters. The molecule has 0 N–H and O–H groups in total. The number of fused-ring (bicyclic) bond motifs is 5. The third-order valence-electron chi connectivity index (χ3n) is 19.6. The van der Waals surface area contributed by atoms with E-state index in [1.807, 2.05) is 51.1 Å². The fraction of sp³-hybridized carbons (Fsp3) is 0.629. The van der Waals surface area contributed by atoms with E-state index in [0.29, 0.717) is 72.3 Å². The van der Waals surface area contributed by atoms with E-state index in [9.17, 15) is 38.4 Å². The highest BCUT2D eigenvalue weighted by Crippen LogP contribution is 2.59. The number of ketones is 4. The fourth-order valence-corrected chi connectivity index (χ4v) is 15.2. The Hall–Kier alpha value is -6.20. The van der Waals surface area contributed by atoms with Crippen LogP contribution in [0.3, 0.4) is 0 Å². The van der Waals surface area contributed by atoms with Gasteiger partial charge in [-0.15, -0.1) is 0 Å². The summed E-state index contributed by atoms with van der Waals surface area (Å²) in [6.45, 7) is 14.9. The molecule has 2 amide bonds. The molecular weight excluding hydrogens is 1180 g/mol. The van der Waals surface area contributed by atoms with Crippen LogP contribution >= 0.6 is 23.2 Å². The molecule has 7 aliphatic heterocycles. The number of carbonyl (C=O) groups excluding carboxylic acids is 8. The Balaban J connectivity index is 0.000000197. The average molecular weight is 1260 g/mol. The number of ether oxygens (including phenoxy) is 3. The van der Waals surface area contributed by atoms with Gasteiger partial charge in [-0.1, -0.05) is 95.6 Å². The number of amides is 2. The van der Waals surface area contributed by atoms with E-state index in [2.05, 4.69) is 34.6 Å². The first-order valence-electron chi connectivity index (χ1n) is 32.3. The highest BCUT2D eigenvalue weighted by Gasteiger charge is 2.62. The van der Waals surface area contributed by atoms with E-state index in [-0.39, 0.29) is 98.4 Å². The van der Waals surface area contributed by atoms with E-state index in [1.165, 1.54) is 0 Å². The number of Topliss-reactive ketones (excluding diaryl/α,β-unsaturated/α-hetero) is 4. The van der Waals surface area contributed by atoms with Crippen molar-refractivity contribution >= 4 is 81.5 Å². The number of nitrogens with zero attached hydrogens (tertiary/aromatic N) is 4. The summed E-state index contributed by atoms with van der Waals surface area (Å²) in [4.78, 5) is 124. The second kappa shape index (κ2) is 26.2. The molecule has 2 spiro atoms. The van der Waals surface area contributed by atoms with Crippen LogP contribution in [0.2, 0.25) is 10.0 Å². The van der Waals surface area contributed by atoms with E-state index in [1.54, 1.807) is 50.5 Å². The number of hydrogen-bond acceptors (Lipinski definition) is 15. The number of rotatable bonds is 8. The zero-order valence-corrected chi connectivity index (χ0v) is 54.6. The van der Waals surface area contributed by atoms with Crippen molar-refractivity contribution in [2.24, 2.45) is 44.8 Å². The highest BCUT2D eigenvalue weighted by atomic mass is 35.5. The predicted molar refractivity (Wildman–Crippen MR) is 336 cm³/mol. The van der Waals surface area contributed by atoms with Gasteiger partial charge in [-0.25, -0.2) is 0 Å². The molecule has 0 bridgehead atoms. The van der Waals surface area contributed by atoms with Gasteiger partial charge in [-0.3, -0.25) is 38.4 Å². The van der Waals surface area contributed by atoms with Crippen molar-refractivity contribution in [1.82, 2.24) is 9.80 Å². The lowest BCUT2D eigenvalue weighted by atomic mass is 9.86. The van der Waals surface area contributed by atoms with Gasteiger partial charge in [0.2, 0.25) is 11.8 Å². The number of halogens is 2. The molecule has 17 nitrogen and oxygen atoms in total. The zero-order chi connectivity index (χ0) is 63.8. The minimum Gasteiger partial charge on any atom is -0.491 e. The summed E-state index contributed by atoms with van der Waals surface area (Å²) in [5.74, 6) is -2.08. The summed E-state index contributed by atoms with van der Waals surface area (Å²) in [5.41, 5.74) is -0.468. The summed E-state index contributed by atoms with van der Waals surface area (Å²) in [5, 5.41) is 9.95. The first-order valence-corrected chi connectivity index (χ1v) is 33.0. The second-order valence-corrected chi connectivity index (χ2v) is 29.7. The molecule has 4 fully saturated rings. The Bertz CT molecular complexity index is 3270. The monoisotopic (exact) mass is 1260 g/mol. The van der Waals surface area contributed by atoms with E-state index < -0.39 is 69.1 Å². The first kappa shape index (κ1) is 65.7. The lowest BCUT2D eigenvalue weighted by Gasteiger charge is -2.29. The van der Waals surface area contributed by atoms with Crippen LogP contribution in [0, 0.1) is 34.5 Å². The van der Waals surface area contributed by atoms with Crippen LogP contribution in [0.25, 0.3) is 0 Å². The zero-order valence-electron chi connectivity index (χ0n) is 53.1. The van der Waals surface area contributed by atoms with Crippen LogP contribution in [-0.4, -0.2) is 122 Å². The second-order valence-electron chi connectivity index (χ2n) is 28.8. The van der Waals surface area contributed by atoms with Crippen LogP contribution in [0.5, 0.6) is 5.75 Å². The van der Waals surface area contributed by atoms with Gasteiger partial charge in [0.25, 0.3) is 0 Å². The molecule has 10 unspecified atom stereocenters. The fourth-order valence-electron chi connectivity index (χ4n) is 14.7. The molecular formula is C70H88Cl2N4O13. The third kappa shape index (κ3) is 15.1. The summed E-state index contributed by atoms with van der Waals surface area (Å²) >= 11 is 12.8. The molecule has 9 aliphatic rings. The number of benzene rings is 2. The van der Waals surface area contributed by atoms with Crippen molar-refractivity contribution in [2.45, 2.75) is 225 Å². The molecule has 89 heavy (non-hydrogen) atoms. The van der Waals surface area contributed by atoms with Crippen LogP contribution in [0.4, 0.5) is 0 Å². The standard InChI is InChI=1S/C36H45ClN2O7.C34H43ClN2O6/c1-22(40)36-17-26(36)11-9-7-5-6-8-10-24(16-31(42)45-34(2,3)4)33(43)39-21-35(19-29(39)30(41)20-36)18-28(38-46-35)25-14-23-12-13-44-32(23)27(37)15-25;1-22(38)34-17-25(34)13-9-7-5-6-8-11-24(16-30(40)42-32(2,3)4)31(41)37-21-33(19-28(37)29(39)20-34)18-27(36-43-33)23-12-10-14-26(35)15-23/h9,11,14-15,24,26,29H,5-8,10,12-13,16-21H2,1-4H3;9-10,12-15,24-25,28H,5-8,11,16-21H2,1-4H3/b11-9-;13-9-. The maximum absolute atomic E-state index is 14.4. The average Bonchev–Trinajstić information content (AvgIpc) is 1.61. The summed E-state index contributed by atoms with van der Waals surface area (Å²) in [6.07, 6.45) is 20.0. The molecule has 2 saturated carbocycles. The van der Waals surface area contributed by atoms with Gasteiger partial charge in [0.05, 0.1) is 61.1 Å². The lowest BCUT2D eigenvalue weighted by molar-refractivity contribution is -0.159. The van der Waals surface area contributed by atoms with Gasteiger partial charge >= 0.3 is 11.9 Å². The van der Waals surface area contributed by atoms with E-state index in [4.69, 9.17) is 47.1 Å². The summed E-state index contributed by atoms with van der Waals surface area (Å²) < 4.78 is 16.9. The lowest BCUT2D eigenvalue weighted by Crippen LogP contribution is -2.45. The Labute approximate surface area is 533 Å². The first-order chi connectivity index (χ1) is 42.1. The quantitative estimate of drug-likeness (QED) is 0.178. The van der Waals surface area contributed by atoms with E-state index >= 15 is 0 Å². The van der Waals surface area contributed by atoms with E-state index in [0.717, 1.165) is 74.5 Å². The largest absolute Gasteiger partial charge is 0.491 e. The van der Waals surface area contributed by atoms with Gasteiger partial charge < -0.3 is 33.7 Å². The summed E-state index contributed by atoms with van der Waals surface area (Å²) in [7, 11) is 0. The normalized spacial score (nSPS) is 32.0. The topological polar surface area (TPSA) is 214 Å². The molecule has 19 heteroatoms. The minimum absolute atomic E-state index is 0.00779. The number of oxime groups is 2. The Morgan fingerprint density at radius 3 is 1.56 bits per heavy atom. The Morgan fingerprint density at radius 1 is 0.618 bits per heavy atom. The molecule has 0 radical (unpaired) electrons. The van der Waals surface area contributed by atoms with Crippen LogP contribution in [-0.2, 0) is 63.9 Å². The van der Waals surface area contributed by atoms with Crippen LogP contribution < -0.4 is 4.74 Å². The van der Waals surface area contributed by atoms with Gasteiger partial charge in [0.15, 0.2) is 22.8 Å². The van der Waals surface area contributed by atoms with Crippen molar-refractivity contribution in [3.8, 4) is 5.75 Å².